The number of likely N-dealkylation sites (N-methyl/N-ethyl adjacent to an activating group) is 1. The van der Waals surface area contributed by atoms with Gasteiger partial charge in [-0.15, -0.1) is 5.10 Å². The second-order valence-corrected chi connectivity index (χ2v) is 9.26. The van der Waals surface area contributed by atoms with Crippen molar-refractivity contribution in [3.05, 3.63) is 71.2 Å². The molecule has 0 aliphatic rings. The minimum absolute atomic E-state index is 0.101. The van der Waals surface area contributed by atoms with Crippen molar-refractivity contribution in [1.82, 2.24) is 29.7 Å². The predicted octanol–water partition coefficient (Wildman–Crippen LogP) is 4.53. The highest BCUT2D eigenvalue weighted by atomic mass is 19.4. The number of hydrogen-bond acceptors (Lipinski definition) is 6. The Hall–Kier alpha value is -4.19. The largest absolute Gasteiger partial charge is 0.416 e. The quantitative estimate of drug-likeness (QED) is 0.351. The number of halogens is 3. The molecule has 0 aliphatic heterocycles. The van der Waals surface area contributed by atoms with Gasteiger partial charge < -0.3 is 15.5 Å². The van der Waals surface area contributed by atoms with Crippen LogP contribution in [0.2, 0.25) is 0 Å². The fourth-order valence-corrected chi connectivity index (χ4v) is 3.86. The molecule has 0 radical (unpaired) electrons. The van der Waals surface area contributed by atoms with E-state index in [0.717, 1.165) is 29.0 Å². The summed E-state index contributed by atoms with van der Waals surface area (Å²) in [6.45, 7) is 4.91. The molecular formula is C26H29F3N8O. The van der Waals surface area contributed by atoms with Gasteiger partial charge in [-0.2, -0.15) is 18.3 Å². The number of carbonyl (C=O) groups excluding carboxylic acids is 1. The number of aryl methyl sites for hydroxylation is 2. The molecule has 0 spiro atoms. The van der Waals surface area contributed by atoms with Crippen LogP contribution in [0.1, 0.15) is 27.2 Å². The van der Waals surface area contributed by atoms with Crippen molar-refractivity contribution >= 4 is 17.3 Å². The van der Waals surface area contributed by atoms with Crippen molar-refractivity contribution in [3.63, 3.8) is 0 Å². The fraction of sp³-hybridized carbons (Fsp3) is 0.308. The second-order valence-electron chi connectivity index (χ2n) is 9.26. The molecule has 0 bridgehead atoms. The molecule has 4 aromatic rings. The molecule has 4 rings (SSSR count). The molecule has 38 heavy (non-hydrogen) atoms. The summed E-state index contributed by atoms with van der Waals surface area (Å²) in [6.07, 6.45) is -1.10. The zero-order chi connectivity index (χ0) is 27.6. The van der Waals surface area contributed by atoms with Crippen molar-refractivity contribution in [3.8, 4) is 16.9 Å². The normalized spacial score (nSPS) is 11.7. The van der Waals surface area contributed by atoms with Crippen LogP contribution in [0.5, 0.6) is 0 Å². The number of alkyl halides is 3. The third kappa shape index (κ3) is 5.86. The van der Waals surface area contributed by atoms with E-state index in [0.29, 0.717) is 35.8 Å². The van der Waals surface area contributed by atoms with Crippen LogP contribution in [0, 0.1) is 13.8 Å². The zero-order valence-electron chi connectivity index (χ0n) is 21.8. The summed E-state index contributed by atoms with van der Waals surface area (Å²) in [6, 6.07) is 8.30. The number of amides is 1. The molecule has 0 saturated heterocycles. The maximum atomic E-state index is 13.4. The van der Waals surface area contributed by atoms with Gasteiger partial charge in [-0.3, -0.25) is 9.48 Å². The van der Waals surface area contributed by atoms with Crippen LogP contribution in [-0.4, -0.2) is 62.8 Å². The van der Waals surface area contributed by atoms with E-state index in [9.17, 15) is 18.0 Å². The monoisotopic (exact) mass is 526 g/mol. The summed E-state index contributed by atoms with van der Waals surface area (Å²) in [5.74, 6) is -0.663. The van der Waals surface area contributed by atoms with Crippen molar-refractivity contribution < 1.29 is 18.0 Å². The topological polar surface area (TPSA) is 92.9 Å². The smallest absolute Gasteiger partial charge is 0.383 e. The van der Waals surface area contributed by atoms with Gasteiger partial charge in [0.2, 0.25) is 0 Å². The first-order valence-electron chi connectivity index (χ1n) is 11.9. The minimum atomic E-state index is -4.58. The highest BCUT2D eigenvalue weighted by Gasteiger charge is 2.32. The van der Waals surface area contributed by atoms with E-state index in [4.69, 9.17) is 0 Å². The van der Waals surface area contributed by atoms with E-state index in [1.54, 1.807) is 40.0 Å². The summed E-state index contributed by atoms with van der Waals surface area (Å²) in [5, 5.41) is 18.5. The third-order valence-electron chi connectivity index (χ3n) is 6.18. The first-order valence-corrected chi connectivity index (χ1v) is 11.9. The Morgan fingerprint density at radius 3 is 2.53 bits per heavy atom. The molecule has 0 fully saturated rings. The number of aromatic nitrogens is 5. The average Bonchev–Trinajstić information content (AvgIpc) is 3.46. The first-order chi connectivity index (χ1) is 17.9. The molecular weight excluding hydrogens is 497 g/mol. The molecule has 12 heteroatoms. The zero-order valence-corrected chi connectivity index (χ0v) is 21.8. The lowest BCUT2D eigenvalue weighted by molar-refractivity contribution is -0.137. The Morgan fingerprint density at radius 2 is 1.87 bits per heavy atom. The van der Waals surface area contributed by atoms with E-state index in [-0.39, 0.29) is 5.56 Å². The maximum Gasteiger partial charge on any atom is 0.416 e. The van der Waals surface area contributed by atoms with Crippen LogP contribution in [0.4, 0.5) is 24.5 Å². The van der Waals surface area contributed by atoms with Gasteiger partial charge in [0.15, 0.2) is 0 Å². The van der Waals surface area contributed by atoms with Crippen molar-refractivity contribution in [2.75, 3.05) is 37.8 Å². The number of nitrogens with one attached hydrogen (secondary N) is 2. The van der Waals surface area contributed by atoms with Gasteiger partial charge in [-0.25, -0.2) is 4.68 Å². The highest BCUT2D eigenvalue weighted by Crippen LogP contribution is 2.32. The van der Waals surface area contributed by atoms with Gasteiger partial charge in [-0.05, 0) is 63.8 Å². The van der Waals surface area contributed by atoms with Gasteiger partial charge in [0, 0.05) is 42.8 Å². The molecule has 2 heterocycles. The molecule has 2 N–H and O–H groups in total. The van der Waals surface area contributed by atoms with E-state index < -0.39 is 17.6 Å². The van der Waals surface area contributed by atoms with Crippen LogP contribution in [0.25, 0.3) is 16.9 Å². The van der Waals surface area contributed by atoms with Crippen LogP contribution >= 0.6 is 0 Å². The summed E-state index contributed by atoms with van der Waals surface area (Å²) in [5.41, 5.74) is 3.68. The molecule has 0 aliphatic carbocycles. The molecule has 2 aromatic carbocycles. The number of carbonyl (C=O) groups is 1. The summed E-state index contributed by atoms with van der Waals surface area (Å²) in [4.78, 5) is 15.1. The Bertz CT molecular complexity index is 1460. The number of hydrogen-bond donors (Lipinski definition) is 2. The summed E-state index contributed by atoms with van der Waals surface area (Å²) < 4.78 is 43.5. The molecule has 2 aromatic heterocycles. The minimum Gasteiger partial charge on any atom is -0.383 e. The molecule has 0 saturated carbocycles. The van der Waals surface area contributed by atoms with E-state index in [2.05, 4.69) is 26.0 Å². The third-order valence-corrected chi connectivity index (χ3v) is 6.18. The average molecular weight is 527 g/mol. The summed E-state index contributed by atoms with van der Waals surface area (Å²) in [7, 11) is 5.60. The number of anilines is 2. The number of nitrogens with zero attached hydrogens (tertiary/aromatic N) is 6. The number of benzene rings is 2. The van der Waals surface area contributed by atoms with Gasteiger partial charge in [-0.1, -0.05) is 11.3 Å². The van der Waals surface area contributed by atoms with Crippen LogP contribution < -0.4 is 10.6 Å². The van der Waals surface area contributed by atoms with E-state index in [1.807, 2.05) is 39.9 Å². The maximum absolute atomic E-state index is 13.4. The van der Waals surface area contributed by atoms with Crippen LogP contribution in [-0.2, 0) is 13.2 Å². The predicted molar refractivity (Wildman–Crippen MR) is 139 cm³/mol. The van der Waals surface area contributed by atoms with Gasteiger partial charge in [0.25, 0.3) is 5.91 Å². The van der Waals surface area contributed by atoms with Crippen molar-refractivity contribution in [1.29, 1.82) is 0 Å². The standard InChI is InChI=1S/C26H29F3N8O/c1-16-6-8-19(13-24(16)37-15-23(33-34-37)21-14-31-36(5)17(21)2)32-25(38)20-12-18(26(27,28)29)7-9-22(20)30-10-11-35(3)4/h6-9,12-15,30H,10-11H2,1-5H3,(H,32,38). The highest BCUT2D eigenvalue weighted by molar-refractivity contribution is 6.08. The Labute approximate surface area is 218 Å². The van der Waals surface area contributed by atoms with Crippen molar-refractivity contribution in [2.24, 2.45) is 7.05 Å². The number of rotatable bonds is 8. The lowest BCUT2D eigenvalue weighted by Crippen LogP contribution is -2.23. The molecule has 0 unspecified atom stereocenters. The van der Waals surface area contributed by atoms with Crippen LogP contribution in [0.15, 0.2) is 48.8 Å². The van der Waals surface area contributed by atoms with Crippen molar-refractivity contribution in [2.45, 2.75) is 20.0 Å². The Balaban J connectivity index is 1.62. The fourth-order valence-electron chi connectivity index (χ4n) is 3.86. The first kappa shape index (κ1) is 26.9. The Kier molecular flexibility index (Phi) is 7.53. The van der Waals surface area contributed by atoms with Gasteiger partial charge in [0.05, 0.1) is 29.2 Å². The van der Waals surface area contributed by atoms with Gasteiger partial charge in [0.1, 0.15) is 5.69 Å². The molecule has 0 atom stereocenters. The SMILES string of the molecule is Cc1ccc(NC(=O)c2cc(C(F)(F)F)ccc2NCCN(C)C)cc1-n1cc(-c2cnn(C)c2C)nn1. The summed E-state index contributed by atoms with van der Waals surface area (Å²) >= 11 is 0. The lowest BCUT2D eigenvalue weighted by Gasteiger charge is -2.17. The van der Waals surface area contributed by atoms with E-state index >= 15 is 0 Å². The Morgan fingerprint density at radius 1 is 1.11 bits per heavy atom. The molecule has 1 amide bonds. The second kappa shape index (κ2) is 10.7. The van der Waals surface area contributed by atoms with Crippen LogP contribution in [0.3, 0.4) is 0 Å². The van der Waals surface area contributed by atoms with E-state index in [1.165, 1.54) is 6.07 Å². The van der Waals surface area contributed by atoms with Gasteiger partial charge >= 0.3 is 6.18 Å². The lowest BCUT2D eigenvalue weighted by atomic mass is 10.1. The molecule has 200 valence electrons. The molecule has 9 nitrogen and oxygen atoms in total.